The summed E-state index contributed by atoms with van der Waals surface area (Å²) in [5, 5.41) is 11.8. The van der Waals surface area contributed by atoms with E-state index in [9.17, 15) is 27.9 Å². The van der Waals surface area contributed by atoms with Crippen molar-refractivity contribution in [3.63, 3.8) is 0 Å². The average Bonchev–Trinajstić information content (AvgIpc) is 2.88. The highest BCUT2D eigenvalue weighted by Gasteiger charge is 2.37. The summed E-state index contributed by atoms with van der Waals surface area (Å²) in [7, 11) is -3.63. The van der Waals surface area contributed by atoms with E-state index in [1.807, 2.05) is 0 Å². The predicted octanol–water partition coefficient (Wildman–Crippen LogP) is 0.809. The topological polar surface area (TPSA) is 133 Å². The average molecular weight is 383 g/mol. The van der Waals surface area contributed by atoms with E-state index in [2.05, 4.69) is 10.0 Å². The Morgan fingerprint density at radius 2 is 1.88 bits per heavy atom. The van der Waals surface area contributed by atoms with Crippen molar-refractivity contribution in [2.45, 2.75) is 13.8 Å². The minimum atomic E-state index is -3.63. The van der Waals surface area contributed by atoms with Crippen LogP contribution in [0.1, 0.15) is 24.2 Å². The number of carboxylic acids is 1. The molecule has 0 saturated carbocycles. The van der Waals surface area contributed by atoms with Crippen LogP contribution in [0.25, 0.3) is 0 Å². The maximum absolute atomic E-state index is 12.9. The predicted molar refractivity (Wildman–Crippen MR) is 95.4 cm³/mol. The normalized spacial score (nSPS) is 19.9. The quantitative estimate of drug-likeness (QED) is 0.689. The van der Waals surface area contributed by atoms with Gasteiger partial charge in [-0.2, -0.15) is 0 Å². The Labute approximate surface area is 151 Å². The maximum atomic E-state index is 12.9. The number of anilines is 2. The van der Waals surface area contributed by atoms with Crippen LogP contribution in [-0.2, 0) is 19.6 Å². The molecule has 0 spiro atoms. The summed E-state index contributed by atoms with van der Waals surface area (Å²) in [6, 6.07) is 4.22. The van der Waals surface area contributed by atoms with Gasteiger partial charge in [0, 0.05) is 25.7 Å². The zero-order valence-corrected chi connectivity index (χ0v) is 15.5. The van der Waals surface area contributed by atoms with Gasteiger partial charge in [0.15, 0.2) is 0 Å². The molecule has 0 bridgehead atoms. The summed E-state index contributed by atoms with van der Waals surface area (Å²) >= 11 is 0. The van der Waals surface area contributed by atoms with Gasteiger partial charge in [0.25, 0.3) is 5.91 Å². The zero-order valence-electron chi connectivity index (χ0n) is 14.6. The summed E-state index contributed by atoms with van der Waals surface area (Å²) < 4.78 is 25.4. The van der Waals surface area contributed by atoms with Crippen LogP contribution < -0.4 is 10.0 Å². The van der Waals surface area contributed by atoms with E-state index >= 15 is 0 Å². The molecule has 0 unspecified atom stereocenters. The number of carboxylic acid groups (broad SMARTS) is 1. The van der Waals surface area contributed by atoms with Gasteiger partial charge in [-0.1, -0.05) is 6.92 Å². The van der Waals surface area contributed by atoms with Crippen molar-refractivity contribution in [2.75, 3.05) is 29.4 Å². The van der Waals surface area contributed by atoms with Crippen LogP contribution in [0.15, 0.2) is 18.2 Å². The van der Waals surface area contributed by atoms with E-state index in [1.165, 1.54) is 30.0 Å². The van der Waals surface area contributed by atoms with Crippen molar-refractivity contribution in [2.24, 2.45) is 11.8 Å². The lowest BCUT2D eigenvalue weighted by Crippen LogP contribution is -2.31. The summed E-state index contributed by atoms with van der Waals surface area (Å²) in [5.74, 6) is -2.72. The number of hydrogen-bond donors (Lipinski definition) is 3. The Balaban J connectivity index is 2.39. The van der Waals surface area contributed by atoms with Gasteiger partial charge >= 0.3 is 5.97 Å². The second kappa shape index (κ2) is 7.32. The molecular formula is C16H21N3O6S. The first kappa shape index (κ1) is 19.7. The molecule has 1 aliphatic rings. The fourth-order valence-electron chi connectivity index (χ4n) is 2.92. The molecule has 142 valence electrons. The maximum Gasteiger partial charge on any atom is 0.308 e. The molecule has 1 saturated heterocycles. The number of aliphatic carboxylic acids is 1. The molecule has 1 fully saturated rings. The van der Waals surface area contributed by atoms with E-state index in [0.29, 0.717) is 5.69 Å². The van der Waals surface area contributed by atoms with Crippen LogP contribution >= 0.6 is 0 Å². The molecule has 1 heterocycles. The molecular weight excluding hydrogens is 362 g/mol. The van der Waals surface area contributed by atoms with Crippen LogP contribution in [0.2, 0.25) is 0 Å². The number of benzene rings is 1. The number of nitrogens with zero attached hydrogens (tertiary/aromatic N) is 1. The fraction of sp³-hybridized carbons (Fsp3) is 0.438. The summed E-state index contributed by atoms with van der Waals surface area (Å²) in [6.45, 7) is 3.34. The third-order valence-corrected chi connectivity index (χ3v) is 4.67. The highest BCUT2D eigenvalue weighted by Crippen LogP contribution is 2.28. The van der Waals surface area contributed by atoms with Crippen molar-refractivity contribution < 1.29 is 27.9 Å². The lowest BCUT2D eigenvalue weighted by atomic mass is 9.99. The highest BCUT2D eigenvalue weighted by molar-refractivity contribution is 7.92. The highest BCUT2D eigenvalue weighted by atomic mass is 32.2. The lowest BCUT2D eigenvalue weighted by molar-refractivity contribution is -0.142. The molecule has 0 aromatic heterocycles. The van der Waals surface area contributed by atoms with Gasteiger partial charge in [-0.3, -0.25) is 19.1 Å². The molecule has 9 nitrogen and oxygen atoms in total. The number of carbonyl (C=O) groups is 3. The van der Waals surface area contributed by atoms with Gasteiger partial charge in [0.05, 0.1) is 23.4 Å². The van der Waals surface area contributed by atoms with E-state index < -0.39 is 27.8 Å². The number of rotatable bonds is 5. The van der Waals surface area contributed by atoms with Crippen LogP contribution in [0.5, 0.6) is 0 Å². The molecule has 1 aromatic rings. The molecule has 2 atom stereocenters. The molecule has 2 rings (SSSR count). The van der Waals surface area contributed by atoms with Crippen molar-refractivity contribution in [3.8, 4) is 0 Å². The standard InChI is InChI=1S/C16H21N3O6S/c1-9-7-19(8-13(9)16(22)23)15(21)12-6-11(17-10(2)20)4-5-14(12)18-26(3,24)25/h4-6,9,13,18H,7-8H2,1-3H3,(H,17,20)(H,22,23)/t9-,13-/m1/s1. The number of carbonyl (C=O) groups excluding carboxylic acids is 2. The Morgan fingerprint density at radius 3 is 2.38 bits per heavy atom. The van der Waals surface area contributed by atoms with Gasteiger partial charge in [-0.25, -0.2) is 8.42 Å². The molecule has 1 aromatic carbocycles. The van der Waals surface area contributed by atoms with Crippen molar-refractivity contribution in [1.82, 2.24) is 4.90 Å². The number of sulfonamides is 1. The molecule has 0 radical (unpaired) electrons. The van der Waals surface area contributed by atoms with E-state index in [-0.39, 0.29) is 36.2 Å². The van der Waals surface area contributed by atoms with E-state index in [1.54, 1.807) is 6.92 Å². The minimum Gasteiger partial charge on any atom is -0.481 e. The van der Waals surface area contributed by atoms with Crippen LogP contribution in [0.4, 0.5) is 11.4 Å². The Morgan fingerprint density at radius 1 is 1.23 bits per heavy atom. The van der Waals surface area contributed by atoms with E-state index in [4.69, 9.17) is 0 Å². The first-order valence-electron chi connectivity index (χ1n) is 7.89. The smallest absolute Gasteiger partial charge is 0.308 e. The second-order valence-electron chi connectivity index (χ2n) is 6.45. The van der Waals surface area contributed by atoms with Gasteiger partial charge in [0.2, 0.25) is 15.9 Å². The largest absolute Gasteiger partial charge is 0.481 e. The lowest BCUT2D eigenvalue weighted by Gasteiger charge is -2.19. The summed E-state index contributed by atoms with van der Waals surface area (Å²) in [6.07, 6.45) is 0.960. The number of likely N-dealkylation sites (tertiary alicyclic amines) is 1. The molecule has 0 aliphatic carbocycles. The zero-order chi connectivity index (χ0) is 19.6. The first-order chi connectivity index (χ1) is 12.0. The number of amides is 2. The Kier molecular flexibility index (Phi) is 5.55. The van der Waals surface area contributed by atoms with E-state index in [0.717, 1.165) is 6.26 Å². The molecule has 10 heteroatoms. The fourth-order valence-corrected chi connectivity index (χ4v) is 3.49. The van der Waals surface area contributed by atoms with Gasteiger partial charge in [0.1, 0.15) is 0 Å². The van der Waals surface area contributed by atoms with Crippen molar-refractivity contribution in [3.05, 3.63) is 23.8 Å². The Hall–Kier alpha value is -2.62. The van der Waals surface area contributed by atoms with Crippen LogP contribution in [-0.4, -0.2) is 55.6 Å². The monoisotopic (exact) mass is 383 g/mol. The summed E-state index contributed by atoms with van der Waals surface area (Å²) in [4.78, 5) is 36.8. The number of nitrogens with one attached hydrogen (secondary N) is 2. The van der Waals surface area contributed by atoms with Gasteiger partial charge < -0.3 is 15.3 Å². The van der Waals surface area contributed by atoms with Crippen molar-refractivity contribution in [1.29, 1.82) is 0 Å². The van der Waals surface area contributed by atoms with Crippen LogP contribution in [0.3, 0.4) is 0 Å². The molecule has 3 N–H and O–H groups in total. The molecule has 2 amide bonds. The third-order valence-electron chi connectivity index (χ3n) is 4.08. The third kappa shape index (κ3) is 4.72. The molecule has 26 heavy (non-hydrogen) atoms. The molecule has 1 aliphatic heterocycles. The first-order valence-corrected chi connectivity index (χ1v) is 9.78. The van der Waals surface area contributed by atoms with Gasteiger partial charge in [-0.05, 0) is 24.1 Å². The van der Waals surface area contributed by atoms with Gasteiger partial charge in [-0.15, -0.1) is 0 Å². The minimum absolute atomic E-state index is 0.0397. The van der Waals surface area contributed by atoms with Crippen LogP contribution in [0, 0.1) is 11.8 Å². The summed E-state index contributed by atoms with van der Waals surface area (Å²) in [5.41, 5.74) is 0.444. The Bertz CT molecular complexity index is 852. The SMILES string of the molecule is CC(=O)Nc1ccc(NS(C)(=O)=O)c(C(=O)N2C[C@@H](C)[C@H](C(=O)O)C2)c1. The number of hydrogen-bond acceptors (Lipinski definition) is 5. The van der Waals surface area contributed by atoms with Crippen molar-refractivity contribution >= 4 is 39.2 Å². The second-order valence-corrected chi connectivity index (χ2v) is 8.20.